The van der Waals surface area contributed by atoms with Crippen LogP contribution in [0.3, 0.4) is 0 Å². The number of carbonyl (C=O) groups is 2. The van der Waals surface area contributed by atoms with Gasteiger partial charge in [-0.2, -0.15) is 0 Å². The molecule has 0 N–H and O–H groups in total. The number of esters is 1. The zero-order valence-electron chi connectivity index (χ0n) is 10.9. The molecule has 0 rings (SSSR count). The molecule has 0 saturated carbocycles. The van der Waals surface area contributed by atoms with E-state index in [-0.39, 0.29) is 5.78 Å². The van der Waals surface area contributed by atoms with Crippen LogP contribution in [0.4, 0.5) is 0 Å². The quantitative estimate of drug-likeness (QED) is 0.535. The summed E-state index contributed by atoms with van der Waals surface area (Å²) < 4.78 is 4.94. The molecule has 92 valence electrons. The Morgan fingerprint density at radius 2 is 1.75 bits per heavy atom. The van der Waals surface area contributed by atoms with Crippen molar-refractivity contribution in [3.05, 3.63) is 12.2 Å². The second kappa shape index (κ2) is 6.46. The zero-order valence-corrected chi connectivity index (χ0v) is 10.9. The molecule has 0 atom stereocenters. The van der Waals surface area contributed by atoms with Gasteiger partial charge in [0.2, 0.25) is 0 Å². The highest BCUT2D eigenvalue weighted by Gasteiger charge is 2.18. The highest BCUT2D eigenvalue weighted by Crippen LogP contribution is 2.14. The number of carbonyl (C=O) groups excluding carboxylic acids is 2. The van der Waals surface area contributed by atoms with Crippen molar-refractivity contribution < 1.29 is 14.3 Å². The van der Waals surface area contributed by atoms with Crippen molar-refractivity contribution in [2.75, 3.05) is 6.61 Å². The van der Waals surface area contributed by atoms with E-state index in [1.807, 2.05) is 20.8 Å². The fraction of sp³-hybridized carbons (Fsp3) is 0.692. The number of ketones is 1. The average molecular weight is 226 g/mol. The third-order valence-electron chi connectivity index (χ3n) is 2.05. The van der Waals surface area contributed by atoms with E-state index in [0.29, 0.717) is 12.5 Å². The van der Waals surface area contributed by atoms with Crippen LogP contribution in [0, 0.1) is 11.3 Å². The monoisotopic (exact) mass is 226 g/mol. The van der Waals surface area contributed by atoms with Gasteiger partial charge in [-0.3, -0.25) is 4.79 Å². The van der Waals surface area contributed by atoms with Gasteiger partial charge in [-0.25, -0.2) is 4.79 Å². The lowest BCUT2D eigenvalue weighted by molar-refractivity contribution is -0.138. The third kappa shape index (κ3) is 7.21. The van der Waals surface area contributed by atoms with Crippen LogP contribution in [0.25, 0.3) is 0 Å². The lowest BCUT2D eigenvalue weighted by Gasteiger charge is -2.12. The predicted octanol–water partition coefficient (Wildman–Crippen LogP) is 2.75. The molecule has 0 bridgehead atoms. The van der Waals surface area contributed by atoms with Gasteiger partial charge >= 0.3 is 5.97 Å². The minimum Gasteiger partial charge on any atom is -0.463 e. The van der Waals surface area contributed by atoms with Crippen molar-refractivity contribution in [3.8, 4) is 0 Å². The maximum absolute atomic E-state index is 11.5. The van der Waals surface area contributed by atoms with Crippen molar-refractivity contribution in [1.82, 2.24) is 0 Å². The van der Waals surface area contributed by atoms with E-state index in [0.717, 1.165) is 6.42 Å². The first kappa shape index (κ1) is 14.9. The fourth-order valence-electron chi connectivity index (χ4n) is 0.837. The summed E-state index contributed by atoms with van der Waals surface area (Å²) in [5.74, 6) is -0.0143. The van der Waals surface area contributed by atoms with Crippen LogP contribution in [-0.4, -0.2) is 18.4 Å². The van der Waals surface area contributed by atoms with Crippen molar-refractivity contribution in [2.24, 2.45) is 11.3 Å². The molecule has 0 unspecified atom stereocenters. The van der Waals surface area contributed by atoms with Gasteiger partial charge in [0.15, 0.2) is 5.78 Å². The summed E-state index contributed by atoms with van der Waals surface area (Å²) in [6.07, 6.45) is 3.33. The number of rotatable bonds is 5. The maximum Gasteiger partial charge on any atom is 0.330 e. The largest absolute Gasteiger partial charge is 0.463 e. The Balaban J connectivity index is 3.97. The van der Waals surface area contributed by atoms with Gasteiger partial charge in [0.05, 0.1) is 6.61 Å². The Morgan fingerprint density at radius 3 is 2.19 bits per heavy atom. The lowest BCUT2D eigenvalue weighted by atomic mass is 9.91. The van der Waals surface area contributed by atoms with Gasteiger partial charge in [-0.1, -0.05) is 34.6 Å². The first-order chi connectivity index (χ1) is 7.23. The second-order valence-corrected chi connectivity index (χ2v) is 5.30. The summed E-state index contributed by atoms with van der Waals surface area (Å²) in [6, 6.07) is 0. The Bertz CT molecular complexity index is 269. The first-order valence-electron chi connectivity index (χ1n) is 5.62. The Morgan fingerprint density at radius 1 is 1.19 bits per heavy atom. The first-order valence-corrected chi connectivity index (χ1v) is 5.62. The summed E-state index contributed by atoms with van der Waals surface area (Å²) in [5.41, 5.74) is -0.450. The average Bonchev–Trinajstić information content (AvgIpc) is 2.11. The Hall–Kier alpha value is -1.12. The molecule has 0 heterocycles. The smallest absolute Gasteiger partial charge is 0.330 e. The van der Waals surface area contributed by atoms with Gasteiger partial charge in [0, 0.05) is 11.5 Å². The Labute approximate surface area is 97.9 Å². The molecule has 0 aliphatic carbocycles. The zero-order chi connectivity index (χ0) is 12.8. The molecule has 3 nitrogen and oxygen atoms in total. The highest BCUT2D eigenvalue weighted by molar-refractivity contribution is 5.98. The van der Waals surface area contributed by atoms with Crippen LogP contribution in [-0.2, 0) is 14.3 Å². The summed E-state index contributed by atoms with van der Waals surface area (Å²) in [6.45, 7) is 9.96. The number of allylic oxidation sites excluding steroid dienone is 1. The van der Waals surface area contributed by atoms with Crippen LogP contribution in [0.1, 0.15) is 41.0 Å². The van der Waals surface area contributed by atoms with E-state index in [2.05, 4.69) is 13.8 Å². The molecule has 0 aliphatic heterocycles. The van der Waals surface area contributed by atoms with E-state index < -0.39 is 11.4 Å². The van der Waals surface area contributed by atoms with E-state index in [4.69, 9.17) is 4.74 Å². The summed E-state index contributed by atoms with van der Waals surface area (Å²) in [7, 11) is 0. The van der Waals surface area contributed by atoms with Gasteiger partial charge in [-0.05, 0) is 18.4 Å². The van der Waals surface area contributed by atoms with E-state index >= 15 is 0 Å². The molecule has 0 saturated heterocycles. The highest BCUT2D eigenvalue weighted by atomic mass is 16.5. The predicted molar refractivity (Wildman–Crippen MR) is 64.0 cm³/mol. The van der Waals surface area contributed by atoms with E-state index in [1.54, 1.807) is 0 Å². The van der Waals surface area contributed by atoms with Crippen LogP contribution < -0.4 is 0 Å². The molecule has 0 aromatic heterocycles. The van der Waals surface area contributed by atoms with Gasteiger partial charge in [0.25, 0.3) is 0 Å². The molecule has 0 radical (unpaired) electrons. The molecular formula is C13H22O3. The van der Waals surface area contributed by atoms with Gasteiger partial charge in [0.1, 0.15) is 0 Å². The van der Waals surface area contributed by atoms with Crippen molar-refractivity contribution in [3.63, 3.8) is 0 Å². The molecule has 0 amide bonds. The Kier molecular flexibility index (Phi) is 6.01. The second-order valence-electron chi connectivity index (χ2n) is 5.30. The summed E-state index contributed by atoms with van der Waals surface area (Å²) >= 11 is 0. The fourth-order valence-corrected chi connectivity index (χ4v) is 0.837. The molecular weight excluding hydrogens is 204 g/mol. The van der Waals surface area contributed by atoms with E-state index in [9.17, 15) is 9.59 Å². The molecule has 0 spiro atoms. The van der Waals surface area contributed by atoms with Gasteiger partial charge < -0.3 is 4.74 Å². The SMILES string of the molecule is CC(C)CCOC(=O)/C=C/C(=O)C(C)(C)C. The topological polar surface area (TPSA) is 43.4 Å². The molecule has 3 heteroatoms. The molecule has 0 aromatic carbocycles. The number of hydrogen-bond acceptors (Lipinski definition) is 3. The minimum absolute atomic E-state index is 0.0756. The molecule has 0 aromatic rings. The van der Waals surface area contributed by atoms with Gasteiger partial charge in [-0.15, -0.1) is 0 Å². The minimum atomic E-state index is -0.450. The van der Waals surface area contributed by atoms with Crippen LogP contribution in [0.15, 0.2) is 12.2 Å². The standard InChI is InChI=1S/C13H22O3/c1-10(2)8-9-16-12(15)7-6-11(14)13(3,4)5/h6-7,10H,8-9H2,1-5H3/b7-6+. The number of hydrogen-bond donors (Lipinski definition) is 0. The summed E-state index contributed by atoms with van der Waals surface area (Å²) in [5, 5.41) is 0. The molecule has 16 heavy (non-hydrogen) atoms. The van der Waals surface area contributed by atoms with E-state index in [1.165, 1.54) is 12.2 Å². The van der Waals surface area contributed by atoms with Crippen LogP contribution in [0.2, 0.25) is 0 Å². The van der Waals surface area contributed by atoms with Crippen molar-refractivity contribution in [2.45, 2.75) is 41.0 Å². The van der Waals surface area contributed by atoms with Crippen molar-refractivity contribution >= 4 is 11.8 Å². The van der Waals surface area contributed by atoms with Crippen molar-refractivity contribution in [1.29, 1.82) is 0 Å². The normalized spacial score (nSPS) is 12.1. The molecule has 0 fully saturated rings. The maximum atomic E-state index is 11.5. The van der Waals surface area contributed by atoms with Crippen LogP contribution >= 0.6 is 0 Å². The lowest BCUT2D eigenvalue weighted by Crippen LogP contribution is -2.17. The summed E-state index contributed by atoms with van der Waals surface area (Å²) in [4.78, 5) is 22.7. The third-order valence-corrected chi connectivity index (χ3v) is 2.05. The van der Waals surface area contributed by atoms with Crippen LogP contribution in [0.5, 0.6) is 0 Å². The number of ether oxygens (including phenoxy) is 1. The molecule has 0 aliphatic rings.